The van der Waals surface area contributed by atoms with Crippen LogP contribution in [-0.2, 0) is 10.2 Å². The third-order valence-corrected chi connectivity index (χ3v) is 4.35. The van der Waals surface area contributed by atoms with E-state index in [0.717, 1.165) is 5.56 Å². The van der Waals surface area contributed by atoms with Crippen LogP contribution in [0.1, 0.15) is 39.7 Å². The van der Waals surface area contributed by atoms with Gasteiger partial charge in [-0.15, -0.1) is 0 Å². The van der Waals surface area contributed by atoms with Crippen molar-refractivity contribution >= 4 is 6.09 Å². The third-order valence-electron chi connectivity index (χ3n) is 4.35. The first-order valence-corrected chi connectivity index (χ1v) is 7.87. The number of hydrogen-bond donors (Lipinski definition) is 0. The predicted molar refractivity (Wildman–Crippen MR) is 85.3 cm³/mol. The monoisotopic (exact) mass is 318 g/mol. The summed E-state index contributed by atoms with van der Waals surface area (Å²) in [6.07, 6.45) is 0.262. The molecule has 1 saturated heterocycles. The summed E-state index contributed by atoms with van der Waals surface area (Å²) in [5.41, 5.74) is -0.430. The largest absolute Gasteiger partial charge is 0.444 e. The van der Waals surface area contributed by atoms with E-state index in [9.17, 15) is 14.4 Å². The van der Waals surface area contributed by atoms with E-state index in [-0.39, 0.29) is 17.8 Å². The Labute approximate surface area is 136 Å². The molecule has 1 fully saturated rings. The maximum absolute atomic E-state index is 13.2. The Kier molecular flexibility index (Phi) is 4.65. The molecule has 1 unspecified atom stereocenters. The molecule has 0 N–H and O–H groups in total. The van der Waals surface area contributed by atoms with E-state index in [1.54, 1.807) is 17.0 Å². The van der Waals surface area contributed by atoms with Crippen LogP contribution in [0, 0.1) is 23.1 Å². The summed E-state index contributed by atoms with van der Waals surface area (Å²) >= 11 is 0. The minimum Gasteiger partial charge on any atom is -0.444 e. The molecule has 4 nitrogen and oxygen atoms in total. The van der Waals surface area contributed by atoms with Crippen molar-refractivity contribution < 1.29 is 13.9 Å². The van der Waals surface area contributed by atoms with Crippen molar-refractivity contribution in [3.05, 3.63) is 35.6 Å². The minimum absolute atomic E-state index is 0.0236. The van der Waals surface area contributed by atoms with Crippen molar-refractivity contribution in [1.29, 1.82) is 5.26 Å². The van der Waals surface area contributed by atoms with Crippen LogP contribution in [-0.4, -0.2) is 29.7 Å². The van der Waals surface area contributed by atoms with Gasteiger partial charge in [0.05, 0.1) is 11.5 Å². The molecule has 0 bridgehead atoms. The fourth-order valence-corrected chi connectivity index (χ4v) is 2.98. The molecular formula is C18H23FN2O2. The van der Waals surface area contributed by atoms with Gasteiger partial charge in [0.2, 0.25) is 0 Å². The summed E-state index contributed by atoms with van der Waals surface area (Å²) in [6.45, 7) is 8.38. The van der Waals surface area contributed by atoms with E-state index in [0.29, 0.717) is 19.5 Å². The molecule has 0 saturated carbocycles. The molecule has 1 aromatic carbocycles. The quantitative estimate of drug-likeness (QED) is 0.850. The van der Waals surface area contributed by atoms with Gasteiger partial charge in [0.1, 0.15) is 11.4 Å². The fraction of sp³-hybridized carbons (Fsp3) is 0.556. The number of benzene rings is 1. The van der Waals surface area contributed by atoms with Gasteiger partial charge in [0, 0.05) is 19.0 Å². The van der Waals surface area contributed by atoms with Gasteiger partial charge >= 0.3 is 6.09 Å². The van der Waals surface area contributed by atoms with E-state index >= 15 is 0 Å². The lowest BCUT2D eigenvalue weighted by atomic mass is 9.66. The van der Waals surface area contributed by atoms with Gasteiger partial charge in [-0.1, -0.05) is 19.1 Å². The molecule has 1 aromatic rings. The summed E-state index contributed by atoms with van der Waals surface area (Å²) in [5.74, 6) is -0.295. The molecule has 0 radical (unpaired) electrons. The molecular weight excluding hydrogens is 295 g/mol. The van der Waals surface area contributed by atoms with Crippen molar-refractivity contribution in [3.8, 4) is 6.07 Å². The highest BCUT2D eigenvalue weighted by Gasteiger charge is 2.48. The first-order chi connectivity index (χ1) is 10.7. The second-order valence-corrected chi connectivity index (χ2v) is 7.03. The first-order valence-electron chi connectivity index (χ1n) is 7.87. The highest BCUT2D eigenvalue weighted by molar-refractivity contribution is 5.69. The molecule has 124 valence electrons. The zero-order valence-electron chi connectivity index (χ0n) is 14.1. The van der Waals surface area contributed by atoms with Crippen molar-refractivity contribution in [1.82, 2.24) is 4.90 Å². The molecule has 1 amide bonds. The molecule has 0 aromatic heterocycles. The number of nitriles is 1. The van der Waals surface area contributed by atoms with Crippen LogP contribution in [0.3, 0.4) is 0 Å². The van der Waals surface area contributed by atoms with Gasteiger partial charge < -0.3 is 9.64 Å². The van der Waals surface area contributed by atoms with E-state index in [1.165, 1.54) is 12.1 Å². The van der Waals surface area contributed by atoms with Crippen molar-refractivity contribution in [2.24, 2.45) is 5.92 Å². The summed E-state index contributed by atoms with van der Waals surface area (Å²) < 4.78 is 18.5. The molecule has 5 heteroatoms. The fourth-order valence-electron chi connectivity index (χ4n) is 2.98. The van der Waals surface area contributed by atoms with Crippen LogP contribution in [0.4, 0.5) is 9.18 Å². The summed E-state index contributed by atoms with van der Waals surface area (Å²) in [6, 6.07) is 8.49. The van der Waals surface area contributed by atoms with Crippen molar-refractivity contribution in [2.75, 3.05) is 13.1 Å². The van der Waals surface area contributed by atoms with Crippen LogP contribution < -0.4 is 0 Å². The average Bonchev–Trinajstić information content (AvgIpc) is 2.41. The molecule has 1 atom stereocenters. The van der Waals surface area contributed by atoms with Crippen LogP contribution in [0.15, 0.2) is 24.3 Å². The molecule has 1 aliphatic rings. The number of rotatable bonds is 3. The van der Waals surface area contributed by atoms with Crippen molar-refractivity contribution in [2.45, 2.75) is 45.1 Å². The SMILES string of the molecule is CCC(C#N)(c1ccc(F)cc1)C1CN(C(=O)OC(C)(C)C)C1. The molecule has 23 heavy (non-hydrogen) atoms. The number of likely N-dealkylation sites (tertiary alicyclic amines) is 1. The normalized spacial score (nSPS) is 17.8. The van der Waals surface area contributed by atoms with E-state index in [4.69, 9.17) is 4.74 Å². The number of halogens is 1. The van der Waals surface area contributed by atoms with E-state index in [2.05, 4.69) is 6.07 Å². The second-order valence-electron chi connectivity index (χ2n) is 7.03. The standard InChI is InChI=1S/C18H23FN2O2/c1-5-18(12-20,13-6-8-15(19)9-7-13)14-10-21(11-14)16(22)23-17(2,3)4/h6-9,14H,5,10-11H2,1-4H3. The molecule has 1 aliphatic heterocycles. The lowest BCUT2D eigenvalue weighted by Gasteiger charge is -2.47. The van der Waals surface area contributed by atoms with Crippen molar-refractivity contribution in [3.63, 3.8) is 0 Å². The topological polar surface area (TPSA) is 53.3 Å². The van der Waals surface area contributed by atoms with Crippen LogP contribution in [0.25, 0.3) is 0 Å². The second kappa shape index (κ2) is 6.19. The Morgan fingerprint density at radius 2 is 1.91 bits per heavy atom. The summed E-state index contributed by atoms with van der Waals surface area (Å²) in [7, 11) is 0. The Morgan fingerprint density at radius 1 is 1.35 bits per heavy atom. The van der Waals surface area contributed by atoms with Gasteiger partial charge in [-0.3, -0.25) is 0 Å². The van der Waals surface area contributed by atoms with Gasteiger partial charge in [-0.25, -0.2) is 9.18 Å². The molecule has 1 heterocycles. The molecule has 0 spiro atoms. The molecule has 2 rings (SSSR count). The number of amides is 1. The van der Waals surface area contributed by atoms with Gasteiger partial charge in [0.15, 0.2) is 0 Å². The maximum Gasteiger partial charge on any atom is 0.410 e. The highest BCUT2D eigenvalue weighted by atomic mass is 19.1. The predicted octanol–water partition coefficient (Wildman–Crippen LogP) is 3.86. The van der Waals surface area contributed by atoms with Gasteiger partial charge in [-0.2, -0.15) is 5.26 Å². The summed E-state index contributed by atoms with van der Waals surface area (Å²) in [4.78, 5) is 13.7. The lowest BCUT2D eigenvalue weighted by Crippen LogP contribution is -2.58. The van der Waals surface area contributed by atoms with E-state index < -0.39 is 11.0 Å². The zero-order valence-corrected chi connectivity index (χ0v) is 14.1. The smallest absolute Gasteiger partial charge is 0.410 e. The van der Waals surface area contributed by atoms with E-state index in [1.807, 2.05) is 27.7 Å². The minimum atomic E-state index is -0.702. The maximum atomic E-state index is 13.2. The number of carbonyl (C=O) groups is 1. The molecule has 0 aliphatic carbocycles. The van der Waals surface area contributed by atoms with Gasteiger partial charge in [-0.05, 0) is 44.9 Å². The Hall–Kier alpha value is -2.09. The zero-order chi connectivity index (χ0) is 17.3. The Balaban J connectivity index is 2.12. The highest BCUT2D eigenvalue weighted by Crippen LogP contribution is 2.40. The Bertz CT molecular complexity index is 609. The van der Waals surface area contributed by atoms with Crippen LogP contribution in [0.2, 0.25) is 0 Å². The Morgan fingerprint density at radius 3 is 2.35 bits per heavy atom. The lowest BCUT2D eigenvalue weighted by molar-refractivity contribution is -0.0110. The number of carbonyl (C=O) groups excluding carboxylic acids is 1. The van der Waals surface area contributed by atoms with Crippen LogP contribution >= 0.6 is 0 Å². The first kappa shape index (κ1) is 17.3. The summed E-state index contributed by atoms with van der Waals surface area (Å²) in [5, 5.41) is 9.77. The number of ether oxygens (including phenoxy) is 1. The van der Waals surface area contributed by atoms with Gasteiger partial charge in [0.25, 0.3) is 0 Å². The average molecular weight is 318 g/mol. The third kappa shape index (κ3) is 3.47. The number of nitrogens with zero attached hydrogens (tertiary/aromatic N) is 2. The number of hydrogen-bond acceptors (Lipinski definition) is 3. The van der Waals surface area contributed by atoms with Crippen LogP contribution in [0.5, 0.6) is 0 Å².